The minimum Gasteiger partial charge on any atom is -0.497 e. The number of likely N-dealkylation sites (tertiary alicyclic amines) is 1. The number of H-pyrrole nitrogens is 1. The summed E-state index contributed by atoms with van der Waals surface area (Å²) in [6, 6.07) is 6.01. The van der Waals surface area contributed by atoms with E-state index in [-0.39, 0.29) is 24.0 Å². The number of carbonyl (C=O) groups is 1. The number of aliphatic hydroxyl groups excluding tert-OH is 1. The Kier molecular flexibility index (Phi) is 4.78. The van der Waals surface area contributed by atoms with Gasteiger partial charge in [0.1, 0.15) is 10.8 Å². The molecule has 1 spiro atoms. The Balaban J connectivity index is 1.41. The summed E-state index contributed by atoms with van der Waals surface area (Å²) in [5, 5.41) is 14.6. The van der Waals surface area contributed by atoms with Gasteiger partial charge in [-0.25, -0.2) is 4.98 Å². The lowest BCUT2D eigenvalue weighted by atomic mass is 9.68. The number of aromatic amines is 1. The highest BCUT2D eigenvalue weighted by atomic mass is 32.1. The highest BCUT2D eigenvalue weighted by molar-refractivity contribution is 7.09. The van der Waals surface area contributed by atoms with Gasteiger partial charge in [0.2, 0.25) is 5.91 Å². The van der Waals surface area contributed by atoms with Gasteiger partial charge in [0.15, 0.2) is 0 Å². The van der Waals surface area contributed by atoms with E-state index in [1.807, 2.05) is 23.7 Å². The summed E-state index contributed by atoms with van der Waals surface area (Å²) in [6.45, 7) is 3.00. The molecule has 1 amide bonds. The molecule has 3 aliphatic rings. The first kappa shape index (κ1) is 20.2. The van der Waals surface area contributed by atoms with E-state index < -0.39 is 0 Å². The first-order valence-electron chi connectivity index (χ1n) is 11.3. The molecule has 2 fully saturated rings. The van der Waals surface area contributed by atoms with Crippen molar-refractivity contribution >= 4 is 28.1 Å². The van der Waals surface area contributed by atoms with Gasteiger partial charge in [-0.1, -0.05) is 6.42 Å². The summed E-state index contributed by atoms with van der Waals surface area (Å²) in [7, 11) is 1.67. The number of rotatable bonds is 5. The number of hydrogen-bond donors (Lipinski definition) is 2. The predicted molar refractivity (Wildman–Crippen MR) is 123 cm³/mol. The molecular formula is C24H28N4O3S. The summed E-state index contributed by atoms with van der Waals surface area (Å²) < 4.78 is 5.45. The van der Waals surface area contributed by atoms with Crippen LogP contribution in [0.4, 0.5) is 0 Å². The van der Waals surface area contributed by atoms with Crippen LogP contribution in [-0.2, 0) is 16.8 Å². The lowest BCUT2D eigenvalue weighted by Gasteiger charge is -2.57. The number of hydrogen-bond acceptors (Lipinski definition) is 6. The molecule has 6 rings (SSSR count). The minimum absolute atomic E-state index is 0.0309. The van der Waals surface area contributed by atoms with Crippen LogP contribution in [0, 0.1) is 5.92 Å². The van der Waals surface area contributed by atoms with Crippen molar-refractivity contribution in [2.45, 2.75) is 37.3 Å². The Hall–Kier alpha value is -2.42. The molecule has 0 radical (unpaired) electrons. The molecule has 1 saturated heterocycles. The first-order valence-corrected chi connectivity index (χ1v) is 12.2. The molecule has 1 aromatic carbocycles. The van der Waals surface area contributed by atoms with E-state index in [2.05, 4.69) is 25.8 Å². The quantitative estimate of drug-likeness (QED) is 0.622. The van der Waals surface area contributed by atoms with E-state index in [1.165, 1.54) is 17.4 Å². The monoisotopic (exact) mass is 452 g/mol. The molecule has 0 unspecified atom stereocenters. The summed E-state index contributed by atoms with van der Waals surface area (Å²) in [5.74, 6) is 1.35. The molecule has 1 atom stereocenters. The number of carbonyl (C=O) groups excluding carboxylic acids is 1. The fourth-order valence-electron chi connectivity index (χ4n) is 5.80. The molecule has 2 aromatic heterocycles. The van der Waals surface area contributed by atoms with Crippen LogP contribution in [0.5, 0.6) is 5.75 Å². The molecule has 32 heavy (non-hydrogen) atoms. The van der Waals surface area contributed by atoms with Crippen LogP contribution < -0.4 is 4.74 Å². The van der Waals surface area contributed by atoms with E-state index in [9.17, 15) is 9.90 Å². The Morgan fingerprint density at radius 3 is 2.84 bits per heavy atom. The average molecular weight is 453 g/mol. The van der Waals surface area contributed by atoms with E-state index in [0.717, 1.165) is 54.4 Å². The number of methoxy groups -OCH3 is 1. The number of ether oxygens (including phenoxy) is 1. The lowest BCUT2D eigenvalue weighted by Crippen LogP contribution is -2.68. The topological polar surface area (TPSA) is 81.7 Å². The third kappa shape index (κ3) is 3.00. The number of benzene rings is 1. The molecule has 2 aliphatic heterocycles. The molecule has 2 N–H and O–H groups in total. The van der Waals surface area contributed by atoms with Crippen LogP contribution in [0.3, 0.4) is 0 Å². The van der Waals surface area contributed by atoms with Gasteiger partial charge in [-0.2, -0.15) is 0 Å². The highest BCUT2D eigenvalue weighted by Crippen LogP contribution is 2.49. The maximum absolute atomic E-state index is 12.9. The molecule has 1 saturated carbocycles. The Morgan fingerprint density at radius 2 is 2.19 bits per heavy atom. The second kappa shape index (κ2) is 7.57. The van der Waals surface area contributed by atoms with Crippen LogP contribution >= 0.6 is 11.3 Å². The zero-order valence-electron chi connectivity index (χ0n) is 18.2. The van der Waals surface area contributed by atoms with Crippen molar-refractivity contribution in [1.82, 2.24) is 19.8 Å². The maximum Gasteiger partial charge on any atom is 0.225 e. The summed E-state index contributed by atoms with van der Waals surface area (Å²) >= 11 is 1.64. The van der Waals surface area contributed by atoms with Crippen molar-refractivity contribution in [3.05, 3.63) is 46.0 Å². The highest BCUT2D eigenvalue weighted by Gasteiger charge is 2.54. The molecular weight excluding hydrogens is 424 g/mol. The largest absolute Gasteiger partial charge is 0.497 e. The molecule has 1 aliphatic carbocycles. The number of aromatic nitrogens is 2. The standard InChI is InChI=1S/C24H28N4O3S/c1-31-16-5-6-17-18(9-16)26-22-19(11-29)27(10-20-25-7-8-32-20)12-24(21(17)22)13-28(14-24)23(30)15-3-2-4-15/h5-9,15,19,26,29H,2-4,10-14H2,1H3/t19-/m0/s1. The van der Waals surface area contributed by atoms with Gasteiger partial charge in [0, 0.05) is 65.2 Å². The lowest BCUT2D eigenvalue weighted by molar-refractivity contribution is -0.148. The second-order valence-corrected chi connectivity index (χ2v) is 10.4. The molecule has 4 heterocycles. The van der Waals surface area contributed by atoms with Gasteiger partial charge < -0.3 is 19.7 Å². The number of fused-ring (bicyclic) bond motifs is 4. The van der Waals surface area contributed by atoms with Crippen molar-refractivity contribution < 1.29 is 14.6 Å². The van der Waals surface area contributed by atoms with Crippen molar-refractivity contribution in [2.24, 2.45) is 5.92 Å². The Morgan fingerprint density at radius 1 is 1.34 bits per heavy atom. The van der Waals surface area contributed by atoms with Crippen LogP contribution in [0.2, 0.25) is 0 Å². The molecule has 7 nitrogen and oxygen atoms in total. The van der Waals surface area contributed by atoms with Gasteiger partial charge in [0.25, 0.3) is 0 Å². The number of nitrogens with zero attached hydrogens (tertiary/aromatic N) is 3. The number of amides is 1. The fraction of sp³-hybridized carbons (Fsp3) is 0.500. The average Bonchev–Trinajstić information content (AvgIpc) is 3.37. The molecule has 0 bridgehead atoms. The van der Waals surface area contributed by atoms with Gasteiger partial charge in [-0.3, -0.25) is 9.69 Å². The SMILES string of the molecule is COc1ccc2c3c([nH]c2c1)[C@H](CO)N(Cc1nccs1)CC31CN(C(=O)C2CCC2)C1. The normalized spacial score (nSPS) is 22.6. The number of nitrogens with one attached hydrogen (secondary N) is 1. The summed E-state index contributed by atoms with van der Waals surface area (Å²) in [4.78, 5) is 25.4. The van der Waals surface area contributed by atoms with Gasteiger partial charge in [0.05, 0.1) is 26.3 Å². The van der Waals surface area contributed by atoms with Gasteiger partial charge in [-0.15, -0.1) is 11.3 Å². The van der Waals surface area contributed by atoms with Crippen LogP contribution in [-0.4, -0.2) is 64.1 Å². The van der Waals surface area contributed by atoms with Gasteiger partial charge in [-0.05, 0) is 30.5 Å². The van der Waals surface area contributed by atoms with Crippen LogP contribution in [0.25, 0.3) is 10.9 Å². The molecule has 3 aromatic rings. The van der Waals surface area contributed by atoms with Crippen molar-refractivity contribution in [2.75, 3.05) is 33.4 Å². The van der Waals surface area contributed by atoms with Crippen molar-refractivity contribution in [1.29, 1.82) is 0 Å². The zero-order chi connectivity index (χ0) is 21.9. The number of aliphatic hydroxyl groups is 1. The van der Waals surface area contributed by atoms with E-state index >= 15 is 0 Å². The van der Waals surface area contributed by atoms with Gasteiger partial charge >= 0.3 is 0 Å². The first-order chi connectivity index (χ1) is 15.6. The van der Waals surface area contributed by atoms with E-state index in [1.54, 1.807) is 18.4 Å². The Labute approximate surface area is 191 Å². The van der Waals surface area contributed by atoms with Crippen molar-refractivity contribution in [3.8, 4) is 5.75 Å². The molecule has 8 heteroatoms. The van der Waals surface area contributed by atoms with Crippen molar-refractivity contribution in [3.63, 3.8) is 0 Å². The maximum atomic E-state index is 12.9. The van der Waals surface area contributed by atoms with E-state index in [4.69, 9.17) is 4.74 Å². The molecule has 168 valence electrons. The smallest absolute Gasteiger partial charge is 0.225 e. The zero-order valence-corrected chi connectivity index (χ0v) is 19.0. The van der Waals surface area contributed by atoms with E-state index in [0.29, 0.717) is 12.5 Å². The fourth-order valence-corrected chi connectivity index (χ4v) is 6.44. The second-order valence-electron chi connectivity index (χ2n) is 9.46. The summed E-state index contributed by atoms with van der Waals surface area (Å²) in [5.41, 5.74) is 3.22. The number of thiazole rings is 1. The third-order valence-electron chi connectivity index (χ3n) is 7.59. The Bertz CT molecular complexity index is 1150. The minimum atomic E-state index is -0.134. The third-order valence-corrected chi connectivity index (χ3v) is 8.36. The van der Waals surface area contributed by atoms with Crippen LogP contribution in [0.1, 0.15) is 41.6 Å². The summed E-state index contributed by atoms with van der Waals surface area (Å²) in [6.07, 6.45) is 5.06. The van der Waals surface area contributed by atoms with Crippen LogP contribution in [0.15, 0.2) is 29.8 Å². The predicted octanol–water partition coefficient (Wildman–Crippen LogP) is 3.06.